The number of ether oxygens (including phenoxy) is 2. The average Bonchev–Trinajstić information content (AvgIpc) is 2.43. The first kappa shape index (κ1) is 13.7. The van der Waals surface area contributed by atoms with Gasteiger partial charge in [0.2, 0.25) is 0 Å². The van der Waals surface area contributed by atoms with Crippen molar-refractivity contribution in [3.63, 3.8) is 0 Å². The monoisotopic (exact) mass is 251 g/mol. The Morgan fingerprint density at radius 1 is 1.17 bits per heavy atom. The molecule has 0 saturated heterocycles. The molecule has 6 nitrogen and oxygen atoms in total. The van der Waals surface area contributed by atoms with E-state index in [1.165, 1.54) is 25.8 Å². The zero-order valence-corrected chi connectivity index (χ0v) is 9.97. The van der Waals surface area contributed by atoms with Crippen molar-refractivity contribution in [3.05, 3.63) is 35.9 Å². The third-order valence-corrected chi connectivity index (χ3v) is 2.16. The standard InChI is InChI=1S/C12H13NO5/c1-17-10-5-3-8(7-11(10)18-2)9(14)4-6-12(15)13-16/h3-7,16H,1-2H3,(H,13,15)/b6-4+. The second-order valence-corrected chi connectivity index (χ2v) is 3.24. The zero-order chi connectivity index (χ0) is 13.5. The van der Waals surface area contributed by atoms with Crippen molar-refractivity contribution in [3.8, 4) is 11.5 Å². The minimum absolute atomic E-state index is 0.342. The second kappa shape index (κ2) is 6.41. The molecular weight excluding hydrogens is 238 g/mol. The summed E-state index contributed by atoms with van der Waals surface area (Å²) in [7, 11) is 2.95. The highest BCUT2D eigenvalue weighted by Gasteiger charge is 2.08. The molecule has 0 unspecified atom stereocenters. The fourth-order valence-electron chi connectivity index (χ4n) is 1.27. The summed E-state index contributed by atoms with van der Waals surface area (Å²) in [5.41, 5.74) is 1.73. The Balaban J connectivity index is 2.93. The van der Waals surface area contributed by atoms with Gasteiger partial charge in [0.05, 0.1) is 14.2 Å². The van der Waals surface area contributed by atoms with Crippen molar-refractivity contribution in [2.24, 2.45) is 0 Å². The highest BCUT2D eigenvalue weighted by atomic mass is 16.5. The van der Waals surface area contributed by atoms with Gasteiger partial charge in [0.15, 0.2) is 17.3 Å². The Kier molecular flexibility index (Phi) is 4.89. The molecule has 1 rings (SSSR count). The van der Waals surface area contributed by atoms with Crippen LogP contribution in [0.2, 0.25) is 0 Å². The Morgan fingerprint density at radius 3 is 2.39 bits per heavy atom. The number of hydrogen-bond acceptors (Lipinski definition) is 5. The highest BCUT2D eigenvalue weighted by molar-refractivity contribution is 6.07. The Labute approximate surface area is 104 Å². The number of ketones is 1. The van der Waals surface area contributed by atoms with Crippen LogP contribution in [0.25, 0.3) is 0 Å². The van der Waals surface area contributed by atoms with Gasteiger partial charge >= 0.3 is 0 Å². The van der Waals surface area contributed by atoms with Gasteiger partial charge in [0, 0.05) is 11.6 Å². The molecular formula is C12H13NO5. The number of hydroxylamine groups is 1. The van der Waals surface area contributed by atoms with Gasteiger partial charge in [-0.15, -0.1) is 0 Å². The molecule has 0 atom stereocenters. The van der Waals surface area contributed by atoms with Crippen molar-refractivity contribution in [2.45, 2.75) is 0 Å². The lowest BCUT2D eigenvalue weighted by Crippen LogP contribution is -2.15. The lowest BCUT2D eigenvalue weighted by molar-refractivity contribution is -0.124. The normalized spacial score (nSPS) is 10.2. The van der Waals surface area contributed by atoms with Gasteiger partial charge < -0.3 is 9.47 Å². The van der Waals surface area contributed by atoms with Gasteiger partial charge in [-0.2, -0.15) is 0 Å². The summed E-state index contributed by atoms with van der Waals surface area (Å²) in [5.74, 6) is -0.238. The molecule has 0 spiro atoms. The van der Waals surface area contributed by atoms with Crippen LogP contribution in [-0.2, 0) is 4.79 Å². The molecule has 0 radical (unpaired) electrons. The van der Waals surface area contributed by atoms with Crippen LogP contribution in [0.1, 0.15) is 10.4 Å². The van der Waals surface area contributed by atoms with E-state index in [0.29, 0.717) is 17.1 Å². The molecule has 1 amide bonds. The van der Waals surface area contributed by atoms with E-state index in [1.807, 2.05) is 0 Å². The number of hydrogen-bond donors (Lipinski definition) is 2. The minimum atomic E-state index is -0.774. The number of carbonyl (C=O) groups excluding carboxylic acids is 2. The fourth-order valence-corrected chi connectivity index (χ4v) is 1.27. The molecule has 2 N–H and O–H groups in total. The molecule has 0 heterocycles. The van der Waals surface area contributed by atoms with Crippen molar-refractivity contribution >= 4 is 11.7 Å². The molecule has 0 aliphatic rings. The van der Waals surface area contributed by atoms with E-state index in [-0.39, 0.29) is 5.78 Å². The van der Waals surface area contributed by atoms with E-state index in [4.69, 9.17) is 14.7 Å². The number of amides is 1. The van der Waals surface area contributed by atoms with Crippen LogP contribution in [-0.4, -0.2) is 31.1 Å². The topological polar surface area (TPSA) is 84.9 Å². The first-order chi connectivity index (χ1) is 8.62. The van der Waals surface area contributed by atoms with Crippen LogP contribution < -0.4 is 15.0 Å². The van der Waals surface area contributed by atoms with Crippen molar-refractivity contribution in [2.75, 3.05) is 14.2 Å². The Bertz CT molecular complexity index is 481. The van der Waals surface area contributed by atoms with E-state index in [1.54, 1.807) is 12.1 Å². The molecule has 1 aromatic carbocycles. The van der Waals surface area contributed by atoms with Crippen LogP contribution in [0.4, 0.5) is 0 Å². The largest absolute Gasteiger partial charge is 0.493 e. The molecule has 0 aliphatic heterocycles. The predicted molar refractivity (Wildman–Crippen MR) is 62.9 cm³/mol. The molecule has 96 valence electrons. The Hall–Kier alpha value is -2.34. The quantitative estimate of drug-likeness (QED) is 0.352. The van der Waals surface area contributed by atoms with Crippen molar-refractivity contribution in [1.29, 1.82) is 0 Å². The first-order valence-corrected chi connectivity index (χ1v) is 5.01. The van der Waals surface area contributed by atoms with Gasteiger partial charge in [-0.05, 0) is 24.3 Å². The number of methoxy groups -OCH3 is 2. The summed E-state index contributed by atoms with van der Waals surface area (Å²) in [6.45, 7) is 0. The number of rotatable bonds is 5. The molecule has 0 saturated carbocycles. The minimum Gasteiger partial charge on any atom is -0.493 e. The molecule has 0 aromatic heterocycles. The lowest BCUT2D eigenvalue weighted by Gasteiger charge is -2.07. The van der Waals surface area contributed by atoms with Crippen LogP contribution in [0.15, 0.2) is 30.4 Å². The maximum Gasteiger partial charge on any atom is 0.267 e. The first-order valence-electron chi connectivity index (χ1n) is 5.01. The molecule has 0 aliphatic carbocycles. The van der Waals surface area contributed by atoms with Crippen molar-refractivity contribution < 1.29 is 24.3 Å². The Morgan fingerprint density at radius 2 is 1.83 bits per heavy atom. The van der Waals surface area contributed by atoms with E-state index in [2.05, 4.69) is 0 Å². The second-order valence-electron chi connectivity index (χ2n) is 3.24. The summed E-state index contributed by atoms with van der Waals surface area (Å²) in [4.78, 5) is 22.4. The third-order valence-electron chi connectivity index (χ3n) is 2.16. The van der Waals surface area contributed by atoms with Crippen LogP contribution in [0.3, 0.4) is 0 Å². The lowest BCUT2D eigenvalue weighted by atomic mass is 10.1. The van der Waals surface area contributed by atoms with Crippen LogP contribution in [0, 0.1) is 0 Å². The maximum absolute atomic E-state index is 11.7. The number of benzene rings is 1. The molecule has 0 fully saturated rings. The average molecular weight is 251 g/mol. The summed E-state index contributed by atoms with van der Waals surface area (Å²) < 4.78 is 10.1. The van der Waals surface area contributed by atoms with E-state index in [9.17, 15) is 9.59 Å². The number of nitrogens with one attached hydrogen (secondary N) is 1. The van der Waals surface area contributed by atoms with E-state index >= 15 is 0 Å². The van der Waals surface area contributed by atoms with Crippen molar-refractivity contribution in [1.82, 2.24) is 5.48 Å². The highest BCUT2D eigenvalue weighted by Crippen LogP contribution is 2.27. The molecule has 6 heteroatoms. The summed E-state index contributed by atoms with van der Waals surface area (Å²) >= 11 is 0. The fraction of sp³-hybridized carbons (Fsp3) is 0.167. The van der Waals surface area contributed by atoms with Gasteiger partial charge in [-0.1, -0.05) is 0 Å². The molecule has 0 bridgehead atoms. The predicted octanol–water partition coefficient (Wildman–Crippen LogP) is 0.948. The maximum atomic E-state index is 11.7. The van der Waals surface area contributed by atoms with Gasteiger partial charge in [-0.3, -0.25) is 14.8 Å². The third kappa shape index (κ3) is 3.33. The van der Waals surface area contributed by atoms with Gasteiger partial charge in [0.1, 0.15) is 0 Å². The van der Waals surface area contributed by atoms with Crippen LogP contribution >= 0.6 is 0 Å². The zero-order valence-electron chi connectivity index (χ0n) is 9.97. The van der Waals surface area contributed by atoms with Gasteiger partial charge in [0.25, 0.3) is 5.91 Å². The summed E-state index contributed by atoms with van der Waals surface area (Å²) in [5, 5.41) is 8.27. The van der Waals surface area contributed by atoms with Gasteiger partial charge in [-0.25, -0.2) is 5.48 Å². The number of carbonyl (C=O) groups is 2. The van der Waals surface area contributed by atoms with Crippen LogP contribution in [0.5, 0.6) is 11.5 Å². The smallest absolute Gasteiger partial charge is 0.267 e. The van der Waals surface area contributed by atoms with E-state index in [0.717, 1.165) is 12.2 Å². The SMILES string of the molecule is COc1ccc(C(=O)/C=C/C(=O)NO)cc1OC. The molecule has 18 heavy (non-hydrogen) atoms. The van der Waals surface area contributed by atoms with E-state index < -0.39 is 5.91 Å². The molecule has 1 aromatic rings. The summed E-state index contributed by atoms with van der Waals surface area (Å²) in [6, 6.07) is 4.64. The summed E-state index contributed by atoms with van der Waals surface area (Å²) in [6.07, 6.45) is 1.98. The number of allylic oxidation sites excluding steroid dienone is 1.